The summed E-state index contributed by atoms with van der Waals surface area (Å²) < 4.78 is 14.0. The van der Waals surface area contributed by atoms with Crippen molar-refractivity contribution in [3.8, 4) is 0 Å². The average Bonchev–Trinajstić information content (AvgIpc) is 3.11. The van der Waals surface area contributed by atoms with Gasteiger partial charge in [0.05, 0.1) is 11.7 Å². The molecule has 1 aliphatic rings. The van der Waals surface area contributed by atoms with E-state index in [0.717, 1.165) is 29.6 Å². The standard InChI is InChI=1S/C21H22FN3O/c1-15(21(26)17-14-23-19-8-4-2-6-16(17)19)24-10-12-25(13-11-24)20-9-5-3-7-18(20)22/h2-9,14-15,23H,10-13H2,1H3/t15-/m1/s1. The fraction of sp³-hybridized carbons (Fsp3) is 0.286. The predicted octanol–water partition coefficient (Wildman–Crippen LogP) is 3.70. The molecule has 1 aliphatic heterocycles. The second-order valence-corrected chi connectivity index (χ2v) is 6.76. The van der Waals surface area contributed by atoms with Crippen LogP contribution in [0.4, 0.5) is 10.1 Å². The highest BCUT2D eigenvalue weighted by molar-refractivity contribution is 6.10. The van der Waals surface area contributed by atoms with Crippen LogP contribution in [0.2, 0.25) is 0 Å². The minimum absolute atomic E-state index is 0.127. The summed E-state index contributed by atoms with van der Waals surface area (Å²) in [5.41, 5.74) is 2.36. The highest BCUT2D eigenvalue weighted by Gasteiger charge is 2.28. The van der Waals surface area contributed by atoms with Crippen LogP contribution in [-0.4, -0.2) is 47.9 Å². The Bertz CT molecular complexity index is 928. The van der Waals surface area contributed by atoms with Crippen molar-refractivity contribution in [2.24, 2.45) is 0 Å². The van der Waals surface area contributed by atoms with E-state index in [1.165, 1.54) is 6.07 Å². The lowest BCUT2D eigenvalue weighted by Crippen LogP contribution is -2.52. The van der Waals surface area contributed by atoms with Crippen LogP contribution < -0.4 is 4.90 Å². The van der Waals surface area contributed by atoms with Gasteiger partial charge in [-0.1, -0.05) is 30.3 Å². The summed E-state index contributed by atoms with van der Waals surface area (Å²) in [7, 11) is 0. The Morgan fingerprint density at radius 3 is 2.50 bits per heavy atom. The van der Waals surface area contributed by atoms with Crippen LogP contribution in [0.3, 0.4) is 0 Å². The maximum atomic E-state index is 14.0. The molecule has 1 atom stereocenters. The van der Waals surface area contributed by atoms with Gasteiger partial charge in [-0.15, -0.1) is 0 Å². The molecule has 0 radical (unpaired) electrons. The Morgan fingerprint density at radius 1 is 1.04 bits per heavy atom. The van der Waals surface area contributed by atoms with Crippen molar-refractivity contribution in [2.75, 3.05) is 31.1 Å². The highest BCUT2D eigenvalue weighted by Crippen LogP contribution is 2.23. The first kappa shape index (κ1) is 16.8. The Kier molecular flexibility index (Phi) is 4.47. The molecule has 2 aromatic carbocycles. The molecule has 3 aromatic rings. The first-order valence-electron chi connectivity index (χ1n) is 8.99. The number of hydrogen-bond donors (Lipinski definition) is 1. The van der Waals surface area contributed by atoms with Gasteiger partial charge in [-0.3, -0.25) is 9.69 Å². The van der Waals surface area contributed by atoms with Gasteiger partial charge in [-0.25, -0.2) is 4.39 Å². The number of ketones is 1. The molecule has 1 saturated heterocycles. The van der Waals surface area contributed by atoms with Crippen LogP contribution in [0.5, 0.6) is 0 Å². The van der Waals surface area contributed by atoms with E-state index < -0.39 is 0 Å². The van der Waals surface area contributed by atoms with E-state index in [1.807, 2.05) is 43.3 Å². The van der Waals surface area contributed by atoms with E-state index in [-0.39, 0.29) is 17.6 Å². The third kappa shape index (κ3) is 2.99. The van der Waals surface area contributed by atoms with Gasteiger partial charge in [0.1, 0.15) is 5.82 Å². The van der Waals surface area contributed by atoms with Crippen LogP contribution in [0.15, 0.2) is 54.7 Å². The van der Waals surface area contributed by atoms with E-state index in [0.29, 0.717) is 18.8 Å². The number of H-pyrrole nitrogens is 1. The molecule has 0 unspecified atom stereocenters. The number of anilines is 1. The fourth-order valence-corrected chi connectivity index (χ4v) is 3.72. The van der Waals surface area contributed by atoms with Crippen molar-refractivity contribution >= 4 is 22.4 Å². The quantitative estimate of drug-likeness (QED) is 0.729. The summed E-state index contributed by atoms with van der Waals surface area (Å²) in [5.74, 6) is -0.0642. The zero-order valence-electron chi connectivity index (χ0n) is 14.8. The van der Waals surface area contributed by atoms with Crippen LogP contribution in [0, 0.1) is 5.82 Å². The molecule has 4 nitrogen and oxygen atoms in total. The smallest absolute Gasteiger partial charge is 0.181 e. The molecule has 134 valence electrons. The van der Waals surface area contributed by atoms with Gasteiger partial charge < -0.3 is 9.88 Å². The first-order valence-corrected chi connectivity index (χ1v) is 8.99. The fourth-order valence-electron chi connectivity index (χ4n) is 3.72. The normalized spacial score (nSPS) is 16.8. The van der Waals surface area contributed by atoms with E-state index >= 15 is 0 Å². The summed E-state index contributed by atoms with van der Waals surface area (Å²) in [6.45, 7) is 4.87. The van der Waals surface area contributed by atoms with Crippen LogP contribution in [0.1, 0.15) is 17.3 Å². The van der Waals surface area contributed by atoms with Crippen molar-refractivity contribution in [3.05, 3.63) is 66.1 Å². The molecule has 1 N–H and O–H groups in total. The van der Waals surface area contributed by atoms with Crippen molar-refractivity contribution in [1.82, 2.24) is 9.88 Å². The number of aromatic nitrogens is 1. The number of benzene rings is 2. The maximum Gasteiger partial charge on any atom is 0.181 e. The third-order valence-corrected chi connectivity index (χ3v) is 5.29. The summed E-state index contributed by atoms with van der Waals surface area (Å²) >= 11 is 0. The summed E-state index contributed by atoms with van der Waals surface area (Å²) in [6, 6.07) is 14.5. The second kappa shape index (κ2) is 6.92. The molecular weight excluding hydrogens is 329 g/mol. The molecule has 0 bridgehead atoms. The lowest BCUT2D eigenvalue weighted by atomic mass is 10.0. The summed E-state index contributed by atoms with van der Waals surface area (Å²) in [6.07, 6.45) is 1.80. The van der Waals surface area contributed by atoms with Gasteiger partial charge in [0.2, 0.25) is 0 Å². The number of Topliss-reactive ketones (excluding diaryl/α,β-unsaturated/α-hetero) is 1. The molecule has 4 rings (SSSR count). The van der Waals surface area contributed by atoms with Crippen molar-refractivity contribution in [3.63, 3.8) is 0 Å². The van der Waals surface area contributed by atoms with Gasteiger partial charge in [0, 0.05) is 48.8 Å². The van der Waals surface area contributed by atoms with Crippen molar-refractivity contribution in [1.29, 1.82) is 0 Å². The van der Waals surface area contributed by atoms with E-state index in [9.17, 15) is 9.18 Å². The third-order valence-electron chi connectivity index (χ3n) is 5.29. The Labute approximate surface area is 152 Å². The number of piperazine rings is 1. The predicted molar refractivity (Wildman–Crippen MR) is 102 cm³/mol. The lowest BCUT2D eigenvalue weighted by Gasteiger charge is -2.38. The molecule has 0 spiro atoms. The number of nitrogens with zero attached hydrogens (tertiary/aromatic N) is 2. The minimum Gasteiger partial charge on any atom is -0.367 e. The average molecular weight is 351 g/mol. The Balaban J connectivity index is 1.46. The van der Waals surface area contributed by atoms with Crippen molar-refractivity contribution < 1.29 is 9.18 Å². The molecule has 2 heterocycles. The maximum absolute atomic E-state index is 14.0. The molecule has 5 heteroatoms. The monoisotopic (exact) mass is 351 g/mol. The number of aromatic amines is 1. The highest BCUT2D eigenvalue weighted by atomic mass is 19.1. The zero-order valence-corrected chi connectivity index (χ0v) is 14.8. The number of carbonyl (C=O) groups is 1. The van der Waals surface area contributed by atoms with Gasteiger partial charge >= 0.3 is 0 Å². The molecular formula is C21H22FN3O. The number of nitrogens with one attached hydrogen (secondary N) is 1. The minimum atomic E-state index is -0.197. The molecule has 26 heavy (non-hydrogen) atoms. The summed E-state index contributed by atoms with van der Waals surface area (Å²) in [5, 5.41) is 0.967. The number of fused-ring (bicyclic) bond motifs is 1. The zero-order chi connectivity index (χ0) is 18.1. The molecule has 0 saturated carbocycles. The molecule has 1 fully saturated rings. The molecule has 0 aliphatic carbocycles. The Morgan fingerprint density at radius 2 is 1.73 bits per heavy atom. The largest absolute Gasteiger partial charge is 0.367 e. The number of halogens is 1. The number of hydrogen-bond acceptors (Lipinski definition) is 3. The lowest BCUT2D eigenvalue weighted by molar-refractivity contribution is 0.0831. The van der Waals surface area contributed by atoms with E-state index in [2.05, 4.69) is 14.8 Å². The molecule has 0 amide bonds. The van der Waals surface area contributed by atoms with E-state index in [1.54, 1.807) is 12.3 Å². The van der Waals surface area contributed by atoms with Gasteiger partial charge in [0.15, 0.2) is 5.78 Å². The first-order chi connectivity index (χ1) is 12.6. The topological polar surface area (TPSA) is 39.3 Å². The van der Waals surface area contributed by atoms with Crippen LogP contribution in [-0.2, 0) is 0 Å². The van der Waals surface area contributed by atoms with Gasteiger partial charge in [-0.05, 0) is 25.1 Å². The van der Waals surface area contributed by atoms with E-state index in [4.69, 9.17) is 0 Å². The summed E-state index contributed by atoms with van der Waals surface area (Å²) in [4.78, 5) is 20.4. The number of carbonyl (C=O) groups excluding carboxylic acids is 1. The number of rotatable bonds is 4. The van der Waals surface area contributed by atoms with Crippen LogP contribution >= 0.6 is 0 Å². The second-order valence-electron chi connectivity index (χ2n) is 6.76. The Hall–Kier alpha value is -2.66. The number of para-hydroxylation sites is 2. The van der Waals surface area contributed by atoms with Gasteiger partial charge in [-0.2, -0.15) is 0 Å². The van der Waals surface area contributed by atoms with Crippen molar-refractivity contribution in [2.45, 2.75) is 13.0 Å². The molecule has 1 aromatic heterocycles. The SMILES string of the molecule is C[C@H](C(=O)c1c[nH]c2ccccc12)N1CCN(c2ccccc2F)CC1. The van der Waals surface area contributed by atoms with Gasteiger partial charge in [0.25, 0.3) is 0 Å². The van der Waals surface area contributed by atoms with Crippen LogP contribution in [0.25, 0.3) is 10.9 Å².